The van der Waals surface area contributed by atoms with Crippen molar-refractivity contribution in [1.29, 1.82) is 5.26 Å². The van der Waals surface area contributed by atoms with Crippen LogP contribution in [0.2, 0.25) is 0 Å². The molecule has 1 aromatic heterocycles. The van der Waals surface area contributed by atoms with E-state index in [0.717, 1.165) is 0 Å². The van der Waals surface area contributed by atoms with Gasteiger partial charge < -0.3 is 10.4 Å². The normalized spacial score (nSPS) is 9.50. The maximum absolute atomic E-state index is 10.8. The Morgan fingerprint density at radius 2 is 2.06 bits per heavy atom. The fourth-order valence-electron chi connectivity index (χ4n) is 1.44. The van der Waals surface area contributed by atoms with E-state index in [1.165, 1.54) is 6.07 Å². The standard InChI is InChI=1S/C13H9N3O2/c14-8-9-3-1-4-10(7-9)15-12-6-2-5-11(16-12)13(17)18/h1-7H,(H,15,16)(H,17,18). The average molecular weight is 239 g/mol. The highest BCUT2D eigenvalue weighted by Gasteiger charge is 2.05. The molecule has 0 bridgehead atoms. The van der Waals surface area contributed by atoms with Crippen LogP contribution in [0.25, 0.3) is 0 Å². The number of carboxylic acids is 1. The zero-order valence-corrected chi connectivity index (χ0v) is 9.29. The molecule has 0 amide bonds. The molecule has 0 aliphatic heterocycles. The lowest BCUT2D eigenvalue weighted by molar-refractivity contribution is 0.0690. The van der Waals surface area contributed by atoms with Gasteiger partial charge in [-0.2, -0.15) is 5.26 Å². The van der Waals surface area contributed by atoms with Gasteiger partial charge in [-0.05, 0) is 30.3 Å². The molecule has 0 aliphatic carbocycles. The van der Waals surface area contributed by atoms with Crippen LogP contribution in [0, 0.1) is 11.3 Å². The summed E-state index contributed by atoms with van der Waals surface area (Å²) >= 11 is 0. The molecule has 0 fully saturated rings. The van der Waals surface area contributed by atoms with E-state index in [1.54, 1.807) is 36.4 Å². The van der Waals surface area contributed by atoms with Crippen LogP contribution < -0.4 is 5.32 Å². The Bertz CT molecular complexity index is 632. The molecule has 5 nitrogen and oxygen atoms in total. The van der Waals surface area contributed by atoms with E-state index in [9.17, 15) is 4.79 Å². The number of carbonyl (C=O) groups is 1. The summed E-state index contributed by atoms with van der Waals surface area (Å²) in [6.45, 7) is 0. The maximum atomic E-state index is 10.8. The Morgan fingerprint density at radius 3 is 2.78 bits per heavy atom. The van der Waals surface area contributed by atoms with Crippen LogP contribution in [-0.2, 0) is 0 Å². The van der Waals surface area contributed by atoms with E-state index in [-0.39, 0.29) is 5.69 Å². The summed E-state index contributed by atoms with van der Waals surface area (Å²) in [5.41, 5.74) is 1.18. The minimum atomic E-state index is -1.08. The third-order valence-corrected chi connectivity index (χ3v) is 2.23. The van der Waals surface area contributed by atoms with Gasteiger partial charge >= 0.3 is 5.97 Å². The molecule has 88 valence electrons. The first-order valence-electron chi connectivity index (χ1n) is 5.16. The molecule has 0 saturated carbocycles. The fourth-order valence-corrected chi connectivity index (χ4v) is 1.44. The van der Waals surface area contributed by atoms with E-state index in [0.29, 0.717) is 17.1 Å². The molecule has 2 rings (SSSR count). The summed E-state index contributed by atoms with van der Waals surface area (Å²) < 4.78 is 0. The monoisotopic (exact) mass is 239 g/mol. The van der Waals surface area contributed by atoms with Gasteiger partial charge in [0, 0.05) is 5.69 Å². The van der Waals surface area contributed by atoms with Crippen molar-refractivity contribution in [1.82, 2.24) is 4.98 Å². The molecular weight excluding hydrogens is 230 g/mol. The minimum absolute atomic E-state index is 0.0311. The molecule has 1 heterocycles. The predicted molar refractivity (Wildman–Crippen MR) is 65.6 cm³/mol. The topological polar surface area (TPSA) is 86.0 Å². The second kappa shape index (κ2) is 4.97. The number of hydrogen-bond donors (Lipinski definition) is 2. The number of nitriles is 1. The van der Waals surface area contributed by atoms with Crippen LogP contribution in [0.4, 0.5) is 11.5 Å². The molecule has 0 atom stereocenters. The van der Waals surface area contributed by atoms with Crippen LogP contribution in [0.3, 0.4) is 0 Å². The predicted octanol–water partition coefficient (Wildman–Crippen LogP) is 2.40. The summed E-state index contributed by atoms with van der Waals surface area (Å²) in [5, 5.41) is 20.5. The lowest BCUT2D eigenvalue weighted by Gasteiger charge is -2.06. The summed E-state index contributed by atoms with van der Waals surface area (Å²) in [6.07, 6.45) is 0. The first-order valence-corrected chi connectivity index (χ1v) is 5.16. The number of aromatic nitrogens is 1. The lowest BCUT2D eigenvalue weighted by atomic mass is 10.2. The Kier molecular flexibility index (Phi) is 3.21. The van der Waals surface area contributed by atoms with Crippen LogP contribution in [0.5, 0.6) is 0 Å². The van der Waals surface area contributed by atoms with Gasteiger partial charge in [0.05, 0.1) is 11.6 Å². The van der Waals surface area contributed by atoms with Crippen molar-refractivity contribution < 1.29 is 9.90 Å². The van der Waals surface area contributed by atoms with Crippen molar-refractivity contribution in [3.8, 4) is 6.07 Å². The molecule has 5 heteroatoms. The molecule has 1 aromatic carbocycles. The first-order chi connectivity index (χ1) is 8.69. The highest BCUT2D eigenvalue weighted by molar-refractivity contribution is 5.85. The molecule has 0 radical (unpaired) electrons. The van der Waals surface area contributed by atoms with E-state index < -0.39 is 5.97 Å². The Hall–Kier alpha value is -2.87. The Balaban J connectivity index is 2.26. The fraction of sp³-hybridized carbons (Fsp3) is 0. The number of nitrogens with zero attached hydrogens (tertiary/aromatic N) is 2. The summed E-state index contributed by atoms with van der Waals surface area (Å²) in [4.78, 5) is 14.7. The molecule has 2 aromatic rings. The van der Waals surface area contributed by atoms with Crippen molar-refractivity contribution >= 4 is 17.5 Å². The van der Waals surface area contributed by atoms with Gasteiger partial charge in [-0.1, -0.05) is 12.1 Å². The molecule has 0 saturated heterocycles. The highest BCUT2D eigenvalue weighted by Crippen LogP contribution is 2.16. The molecule has 0 unspecified atom stereocenters. The van der Waals surface area contributed by atoms with Crippen molar-refractivity contribution in [2.24, 2.45) is 0 Å². The summed E-state index contributed by atoms with van der Waals surface area (Å²) in [5.74, 6) is -0.658. The van der Waals surface area contributed by atoms with Gasteiger partial charge in [-0.3, -0.25) is 0 Å². The third-order valence-electron chi connectivity index (χ3n) is 2.23. The largest absolute Gasteiger partial charge is 0.477 e. The number of carboxylic acid groups (broad SMARTS) is 1. The molecule has 18 heavy (non-hydrogen) atoms. The smallest absolute Gasteiger partial charge is 0.354 e. The van der Waals surface area contributed by atoms with Crippen LogP contribution in [-0.4, -0.2) is 16.1 Å². The van der Waals surface area contributed by atoms with Gasteiger partial charge in [0.25, 0.3) is 0 Å². The van der Waals surface area contributed by atoms with Crippen LogP contribution in [0.15, 0.2) is 42.5 Å². The third kappa shape index (κ3) is 2.62. The van der Waals surface area contributed by atoms with Gasteiger partial charge in [0.1, 0.15) is 5.82 Å². The summed E-state index contributed by atoms with van der Waals surface area (Å²) in [6, 6.07) is 13.6. The van der Waals surface area contributed by atoms with Gasteiger partial charge in [-0.25, -0.2) is 9.78 Å². The number of pyridine rings is 1. The number of anilines is 2. The minimum Gasteiger partial charge on any atom is -0.477 e. The molecule has 0 spiro atoms. The Morgan fingerprint density at radius 1 is 1.28 bits per heavy atom. The van der Waals surface area contributed by atoms with Crippen molar-refractivity contribution in [3.63, 3.8) is 0 Å². The Labute approximate surface area is 103 Å². The number of aromatic carboxylic acids is 1. The van der Waals surface area contributed by atoms with Crippen LogP contribution in [0.1, 0.15) is 16.1 Å². The van der Waals surface area contributed by atoms with Gasteiger partial charge in [0.15, 0.2) is 5.69 Å². The van der Waals surface area contributed by atoms with E-state index in [1.807, 2.05) is 6.07 Å². The second-order valence-corrected chi connectivity index (χ2v) is 3.53. The summed E-state index contributed by atoms with van der Waals surface area (Å²) in [7, 11) is 0. The SMILES string of the molecule is N#Cc1cccc(Nc2cccc(C(=O)O)n2)c1. The van der Waals surface area contributed by atoms with Crippen molar-refractivity contribution in [2.75, 3.05) is 5.32 Å². The molecule has 2 N–H and O–H groups in total. The average Bonchev–Trinajstić information content (AvgIpc) is 2.39. The van der Waals surface area contributed by atoms with E-state index in [4.69, 9.17) is 10.4 Å². The highest BCUT2D eigenvalue weighted by atomic mass is 16.4. The van der Waals surface area contributed by atoms with E-state index in [2.05, 4.69) is 10.3 Å². The number of hydrogen-bond acceptors (Lipinski definition) is 4. The molecular formula is C13H9N3O2. The van der Waals surface area contributed by atoms with Crippen molar-refractivity contribution in [2.45, 2.75) is 0 Å². The van der Waals surface area contributed by atoms with Crippen LogP contribution >= 0.6 is 0 Å². The quantitative estimate of drug-likeness (QED) is 0.858. The number of rotatable bonds is 3. The van der Waals surface area contributed by atoms with Gasteiger partial charge in [0.2, 0.25) is 0 Å². The number of benzene rings is 1. The first kappa shape index (κ1) is 11.6. The maximum Gasteiger partial charge on any atom is 0.354 e. The number of nitrogens with one attached hydrogen (secondary N) is 1. The van der Waals surface area contributed by atoms with Crippen molar-refractivity contribution in [3.05, 3.63) is 53.7 Å². The van der Waals surface area contributed by atoms with E-state index >= 15 is 0 Å². The molecule has 0 aliphatic rings. The lowest BCUT2D eigenvalue weighted by Crippen LogP contribution is -2.02. The second-order valence-electron chi connectivity index (χ2n) is 3.53. The zero-order chi connectivity index (χ0) is 13.0. The zero-order valence-electron chi connectivity index (χ0n) is 9.29. The van der Waals surface area contributed by atoms with Gasteiger partial charge in [-0.15, -0.1) is 0 Å².